The number of anilines is 1. The number of hydrogen-bond donors (Lipinski definition) is 1. The lowest BCUT2D eigenvalue weighted by atomic mass is 10.1. The van der Waals surface area contributed by atoms with Crippen molar-refractivity contribution in [2.75, 3.05) is 5.32 Å². The standard InChI is InChI=1S/C16H19N3O2/c1-9-6-7-13(8-10(9)2)17-16(21)15(20)14-11(3)18-19(5)12(14)4/h6-8H,1-5H3,(H,17,21). The molecule has 0 saturated heterocycles. The number of nitrogens with one attached hydrogen (secondary N) is 1. The molecule has 1 aromatic heterocycles. The number of carbonyl (C=O) groups excluding carboxylic acids is 2. The highest BCUT2D eigenvalue weighted by Crippen LogP contribution is 2.16. The van der Waals surface area contributed by atoms with E-state index in [-0.39, 0.29) is 0 Å². The van der Waals surface area contributed by atoms with Crippen molar-refractivity contribution in [2.45, 2.75) is 27.7 Å². The molecule has 0 radical (unpaired) electrons. The molecule has 0 spiro atoms. The summed E-state index contributed by atoms with van der Waals surface area (Å²) in [5.41, 5.74) is 4.45. The van der Waals surface area contributed by atoms with Crippen LogP contribution in [0, 0.1) is 27.7 Å². The van der Waals surface area contributed by atoms with E-state index in [1.54, 1.807) is 31.6 Å². The molecule has 5 nitrogen and oxygen atoms in total. The maximum atomic E-state index is 12.3. The van der Waals surface area contributed by atoms with E-state index < -0.39 is 11.7 Å². The van der Waals surface area contributed by atoms with Gasteiger partial charge in [0, 0.05) is 18.4 Å². The Kier molecular flexibility index (Phi) is 3.93. The van der Waals surface area contributed by atoms with Crippen molar-refractivity contribution in [3.05, 3.63) is 46.3 Å². The van der Waals surface area contributed by atoms with E-state index in [1.165, 1.54) is 0 Å². The fraction of sp³-hybridized carbons (Fsp3) is 0.312. The zero-order chi connectivity index (χ0) is 15.7. The molecule has 1 aromatic carbocycles. The highest BCUT2D eigenvalue weighted by atomic mass is 16.2. The molecule has 2 rings (SSSR count). The second-order valence-electron chi connectivity index (χ2n) is 5.25. The molecule has 1 amide bonds. The van der Waals surface area contributed by atoms with Crippen molar-refractivity contribution < 1.29 is 9.59 Å². The Morgan fingerprint density at radius 3 is 2.29 bits per heavy atom. The Balaban J connectivity index is 2.23. The van der Waals surface area contributed by atoms with Crippen LogP contribution in [0.1, 0.15) is 32.9 Å². The van der Waals surface area contributed by atoms with Crippen molar-refractivity contribution in [1.29, 1.82) is 0 Å². The van der Waals surface area contributed by atoms with Crippen LogP contribution in [-0.4, -0.2) is 21.5 Å². The minimum atomic E-state index is -0.641. The zero-order valence-electron chi connectivity index (χ0n) is 12.9. The smallest absolute Gasteiger partial charge is 0.296 e. The maximum absolute atomic E-state index is 12.3. The minimum absolute atomic E-state index is 0.374. The lowest BCUT2D eigenvalue weighted by Gasteiger charge is -2.07. The molecule has 0 atom stereocenters. The molecule has 1 heterocycles. The van der Waals surface area contributed by atoms with Crippen molar-refractivity contribution >= 4 is 17.4 Å². The van der Waals surface area contributed by atoms with Gasteiger partial charge in [0.15, 0.2) is 0 Å². The number of nitrogens with zero attached hydrogens (tertiary/aromatic N) is 2. The van der Waals surface area contributed by atoms with Crippen molar-refractivity contribution in [3.8, 4) is 0 Å². The third-order valence-electron chi connectivity index (χ3n) is 3.71. The van der Waals surface area contributed by atoms with Crippen molar-refractivity contribution in [1.82, 2.24) is 9.78 Å². The summed E-state index contributed by atoms with van der Waals surface area (Å²) >= 11 is 0. The van der Waals surface area contributed by atoms with E-state index >= 15 is 0 Å². The third kappa shape index (κ3) is 2.86. The fourth-order valence-corrected chi connectivity index (χ4v) is 2.22. The van der Waals surface area contributed by atoms with Crippen molar-refractivity contribution in [3.63, 3.8) is 0 Å². The molecule has 0 aliphatic heterocycles. The summed E-state index contributed by atoms with van der Waals surface area (Å²) in [4.78, 5) is 24.4. The molecule has 0 aliphatic carbocycles. The SMILES string of the molecule is Cc1ccc(NC(=O)C(=O)c2c(C)nn(C)c2C)cc1C. The van der Waals surface area contributed by atoms with E-state index in [1.807, 2.05) is 26.0 Å². The number of ketones is 1. The molecule has 0 bridgehead atoms. The van der Waals surface area contributed by atoms with Crippen LogP contribution < -0.4 is 5.32 Å². The van der Waals surface area contributed by atoms with Crippen LogP contribution in [0.5, 0.6) is 0 Å². The van der Waals surface area contributed by atoms with Crippen LogP contribution in [0.4, 0.5) is 5.69 Å². The lowest BCUT2D eigenvalue weighted by molar-refractivity contribution is -0.112. The summed E-state index contributed by atoms with van der Waals surface area (Å²) in [6, 6.07) is 5.55. The van der Waals surface area contributed by atoms with E-state index in [4.69, 9.17) is 0 Å². The molecular weight excluding hydrogens is 266 g/mol. The highest BCUT2D eigenvalue weighted by Gasteiger charge is 2.23. The Morgan fingerprint density at radius 1 is 1.10 bits per heavy atom. The monoisotopic (exact) mass is 285 g/mol. The minimum Gasteiger partial charge on any atom is -0.319 e. The number of hydrogen-bond acceptors (Lipinski definition) is 3. The average Bonchev–Trinajstić information content (AvgIpc) is 2.67. The molecule has 2 aromatic rings. The highest BCUT2D eigenvalue weighted by molar-refractivity contribution is 6.47. The number of carbonyl (C=O) groups is 2. The van der Waals surface area contributed by atoms with Crippen LogP contribution in [0.3, 0.4) is 0 Å². The number of Topliss-reactive ketones (excluding diaryl/α,β-unsaturated/α-hetero) is 1. The quantitative estimate of drug-likeness (QED) is 0.696. The van der Waals surface area contributed by atoms with Gasteiger partial charge in [0.1, 0.15) is 0 Å². The summed E-state index contributed by atoms with van der Waals surface area (Å²) < 4.78 is 1.60. The summed E-state index contributed by atoms with van der Waals surface area (Å²) in [5.74, 6) is -1.20. The third-order valence-corrected chi connectivity index (χ3v) is 3.71. The lowest BCUT2D eigenvalue weighted by Crippen LogP contribution is -2.24. The number of aryl methyl sites for hydroxylation is 4. The van der Waals surface area contributed by atoms with Gasteiger partial charge in [0.25, 0.3) is 11.7 Å². The molecule has 0 saturated carbocycles. The fourth-order valence-electron chi connectivity index (χ4n) is 2.22. The average molecular weight is 285 g/mol. The van der Waals surface area contributed by atoms with Gasteiger partial charge in [-0.05, 0) is 51.0 Å². The van der Waals surface area contributed by atoms with Crippen LogP contribution in [-0.2, 0) is 11.8 Å². The van der Waals surface area contributed by atoms with Gasteiger partial charge in [-0.3, -0.25) is 14.3 Å². The van der Waals surface area contributed by atoms with Gasteiger partial charge < -0.3 is 5.32 Å². The van der Waals surface area contributed by atoms with Gasteiger partial charge in [0.2, 0.25) is 0 Å². The first-order valence-corrected chi connectivity index (χ1v) is 6.74. The van der Waals surface area contributed by atoms with Crippen LogP contribution in [0.25, 0.3) is 0 Å². The zero-order valence-corrected chi connectivity index (χ0v) is 12.9. The summed E-state index contributed by atoms with van der Waals surface area (Å²) in [6.07, 6.45) is 0. The maximum Gasteiger partial charge on any atom is 0.296 e. The van der Waals surface area contributed by atoms with Crippen LogP contribution in [0.15, 0.2) is 18.2 Å². The Bertz CT molecular complexity index is 729. The van der Waals surface area contributed by atoms with E-state index in [9.17, 15) is 9.59 Å². The van der Waals surface area contributed by atoms with E-state index in [0.717, 1.165) is 11.1 Å². The van der Waals surface area contributed by atoms with E-state index in [2.05, 4.69) is 10.4 Å². The Morgan fingerprint density at radius 2 is 1.76 bits per heavy atom. The predicted molar refractivity (Wildman–Crippen MR) is 81.6 cm³/mol. The molecule has 110 valence electrons. The molecule has 1 N–H and O–H groups in total. The van der Waals surface area contributed by atoms with Gasteiger partial charge >= 0.3 is 0 Å². The topological polar surface area (TPSA) is 64.0 Å². The van der Waals surface area contributed by atoms with Crippen molar-refractivity contribution in [2.24, 2.45) is 7.05 Å². The first-order valence-electron chi connectivity index (χ1n) is 6.74. The van der Waals surface area contributed by atoms with E-state index in [0.29, 0.717) is 22.6 Å². The second kappa shape index (κ2) is 5.52. The first-order chi connectivity index (χ1) is 9.81. The summed E-state index contributed by atoms with van der Waals surface area (Å²) in [7, 11) is 1.75. The number of amides is 1. The van der Waals surface area contributed by atoms with Gasteiger partial charge in [-0.2, -0.15) is 5.10 Å². The molecule has 0 unspecified atom stereocenters. The van der Waals surface area contributed by atoms with Crippen LogP contribution in [0.2, 0.25) is 0 Å². The Labute approximate surface area is 124 Å². The number of benzene rings is 1. The van der Waals surface area contributed by atoms with Gasteiger partial charge in [-0.25, -0.2) is 0 Å². The molecule has 21 heavy (non-hydrogen) atoms. The van der Waals surface area contributed by atoms with Gasteiger partial charge in [0.05, 0.1) is 11.3 Å². The normalized spacial score (nSPS) is 10.5. The number of rotatable bonds is 3. The predicted octanol–water partition coefficient (Wildman–Crippen LogP) is 2.48. The van der Waals surface area contributed by atoms with Crippen LogP contribution >= 0.6 is 0 Å². The largest absolute Gasteiger partial charge is 0.319 e. The molecule has 0 aliphatic rings. The summed E-state index contributed by atoms with van der Waals surface area (Å²) in [6.45, 7) is 7.46. The molecular formula is C16H19N3O2. The first kappa shape index (κ1) is 15.0. The Hall–Kier alpha value is -2.43. The summed E-state index contributed by atoms with van der Waals surface area (Å²) in [5, 5.41) is 6.81. The molecule has 0 fully saturated rings. The second-order valence-corrected chi connectivity index (χ2v) is 5.25. The molecule has 5 heteroatoms. The van der Waals surface area contributed by atoms with Gasteiger partial charge in [-0.1, -0.05) is 6.07 Å². The number of aromatic nitrogens is 2. The van der Waals surface area contributed by atoms with Gasteiger partial charge in [-0.15, -0.1) is 0 Å².